The van der Waals surface area contributed by atoms with Gasteiger partial charge in [0, 0.05) is 17.7 Å². The van der Waals surface area contributed by atoms with Crippen LogP contribution in [-0.2, 0) is 0 Å². The summed E-state index contributed by atoms with van der Waals surface area (Å²) in [6.45, 7) is 4.27. The summed E-state index contributed by atoms with van der Waals surface area (Å²) in [5.74, 6) is 2.46. The second kappa shape index (κ2) is 6.88. The average molecular weight is 343 g/mol. The van der Waals surface area contributed by atoms with Crippen LogP contribution in [0.3, 0.4) is 0 Å². The molecule has 0 spiro atoms. The molecule has 1 saturated carbocycles. The van der Waals surface area contributed by atoms with Crippen molar-refractivity contribution in [3.63, 3.8) is 0 Å². The Hall–Kier alpha value is -1.73. The van der Waals surface area contributed by atoms with Crippen LogP contribution in [0.1, 0.15) is 62.0 Å². The highest BCUT2D eigenvalue weighted by molar-refractivity contribution is 5.56. The molecule has 3 heterocycles. The molecule has 0 radical (unpaired) electrons. The van der Waals surface area contributed by atoms with Crippen LogP contribution >= 0.6 is 0 Å². The fourth-order valence-corrected chi connectivity index (χ4v) is 4.19. The van der Waals surface area contributed by atoms with Crippen molar-refractivity contribution in [1.82, 2.24) is 29.9 Å². The molecule has 0 atom stereocenters. The van der Waals surface area contributed by atoms with Crippen molar-refractivity contribution >= 4 is 0 Å². The van der Waals surface area contributed by atoms with Crippen molar-refractivity contribution < 1.29 is 0 Å². The molecule has 7 heteroatoms. The van der Waals surface area contributed by atoms with Crippen molar-refractivity contribution in [1.29, 1.82) is 0 Å². The molecule has 7 nitrogen and oxygen atoms in total. The highest BCUT2D eigenvalue weighted by Gasteiger charge is 2.30. The van der Waals surface area contributed by atoms with Gasteiger partial charge in [-0.3, -0.25) is 5.10 Å². The smallest absolute Gasteiger partial charge is 0.184 e. The quantitative estimate of drug-likeness (QED) is 0.892. The van der Waals surface area contributed by atoms with Gasteiger partial charge in [0.05, 0.1) is 17.8 Å². The summed E-state index contributed by atoms with van der Waals surface area (Å²) in [7, 11) is 2.20. The maximum atomic E-state index is 6.11. The normalized spacial score (nSPS) is 26.2. The van der Waals surface area contributed by atoms with Crippen molar-refractivity contribution in [3.8, 4) is 11.4 Å². The van der Waals surface area contributed by atoms with Gasteiger partial charge >= 0.3 is 0 Å². The predicted octanol–water partition coefficient (Wildman–Crippen LogP) is 2.23. The molecule has 2 aromatic heterocycles. The van der Waals surface area contributed by atoms with Crippen LogP contribution < -0.4 is 5.73 Å². The zero-order valence-electron chi connectivity index (χ0n) is 15.3. The lowest BCUT2D eigenvalue weighted by Gasteiger charge is -2.32. The van der Waals surface area contributed by atoms with Gasteiger partial charge in [-0.1, -0.05) is 0 Å². The number of hydrogen-bond donors (Lipinski definition) is 2. The Kier molecular flexibility index (Phi) is 4.60. The summed E-state index contributed by atoms with van der Waals surface area (Å²) in [4.78, 5) is 7.39. The Morgan fingerprint density at radius 3 is 2.48 bits per heavy atom. The van der Waals surface area contributed by atoms with Gasteiger partial charge in [-0.25, -0.2) is 9.67 Å². The van der Waals surface area contributed by atoms with E-state index in [1.165, 1.54) is 0 Å². The third-order valence-corrected chi connectivity index (χ3v) is 5.90. The van der Waals surface area contributed by atoms with Crippen LogP contribution in [0.2, 0.25) is 0 Å². The minimum atomic E-state index is 0.353. The van der Waals surface area contributed by atoms with E-state index in [0.717, 1.165) is 74.5 Å². The van der Waals surface area contributed by atoms with Crippen LogP contribution in [0.5, 0.6) is 0 Å². The number of nitrogens with two attached hydrogens (primary N) is 1. The largest absolute Gasteiger partial charge is 0.328 e. The number of nitrogens with zero attached hydrogens (tertiary/aromatic N) is 5. The van der Waals surface area contributed by atoms with Crippen LogP contribution in [0.25, 0.3) is 11.4 Å². The fourth-order valence-electron chi connectivity index (χ4n) is 4.19. The third kappa shape index (κ3) is 3.35. The molecule has 1 aliphatic carbocycles. The fraction of sp³-hybridized carbons (Fsp3) is 0.722. The van der Waals surface area contributed by atoms with E-state index in [9.17, 15) is 0 Å². The van der Waals surface area contributed by atoms with Gasteiger partial charge in [0.2, 0.25) is 0 Å². The van der Waals surface area contributed by atoms with Gasteiger partial charge < -0.3 is 10.6 Å². The van der Waals surface area contributed by atoms with E-state index in [2.05, 4.69) is 26.8 Å². The molecule has 2 fully saturated rings. The molecule has 2 aromatic rings. The van der Waals surface area contributed by atoms with Gasteiger partial charge in [-0.05, 0) is 65.6 Å². The Morgan fingerprint density at radius 1 is 1.12 bits per heavy atom. The van der Waals surface area contributed by atoms with Crippen molar-refractivity contribution in [2.24, 2.45) is 5.73 Å². The Balaban J connectivity index is 1.67. The van der Waals surface area contributed by atoms with E-state index in [1.807, 2.05) is 13.1 Å². The monoisotopic (exact) mass is 343 g/mol. The first-order valence-electron chi connectivity index (χ1n) is 9.52. The molecule has 3 N–H and O–H groups in total. The van der Waals surface area contributed by atoms with Crippen molar-refractivity contribution in [2.75, 3.05) is 20.1 Å². The summed E-state index contributed by atoms with van der Waals surface area (Å²) in [6.07, 6.45) is 8.54. The van der Waals surface area contributed by atoms with Gasteiger partial charge in [0.15, 0.2) is 5.82 Å². The van der Waals surface area contributed by atoms with Gasteiger partial charge in [0.1, 0.15) is 5.82 Å². The molecular weight excluding hydrogens is 314 g/mol. The van der Waals surface area contributed by atoms with E-state index in [4.69, 9.17) is 15.8 Å². The standard InChI is InChI=1S/C18H29N7/c1-12-16(11-20-22-12)17-21-18(13-3-5-14(19)6-4-13)25(23-17)15-7-9-24(2)10-8-15/h11,13-15H,3-10,19H2,1-2H3,(H,20,22). The number of piperidine rings is 1. The maximum Gasteiger partial charge on any atom is 0.184 e. The number of H-pyrrole nitrogens is 1. The molecule has 0 unspecified atom stereocenters. The summed E-state index contributed by atoms with van der Waals surface area (Å²) >= 11 is 0. The zero-order valence-corrected chi connectivity index (χ0v) is 15.3. The zero-order chi connectivity index (χ0) is 17.4. The minimum absolute atomic E-state index is 0.353. The number of hydrogen-bond acceptors (Lipinski definition) is 5. The number of aromatic amines is 1. The molecule has 4 rings (SSSR count). The van der Waals surface area contributed by atoms with E-state index >= 15 is 0 Å². The Bertz CT molecular complexity index is 663. The molecule has 0 amide bonds. The SMILES string of the molecule is Cc1[nH]ncc1-c1nc(C2CCC(N)CC2)n(C2CCN(C)CC2)n1. The lowest BCUT2D eigenvalue weighted by atomic mass is 9.85. The van der Waals surface area contributed by atoms with Crippen LogP contribution in [0, 0.1) is 6.92 Å². The van der Waals surface area contributed by atoms with Crippen LogP contribution in [0.4, 0.5) is 0 Å². The average Bonchev–Trinajstić information content (AvgIpc) is 3.22. The lowest BCUT2D eigenvalue weighted by molar-refractivity contribution is 0.206. The van der Waals surface area contributed by atoms with Crippen molar-refractivity contribution in [2.45, 2.75) is 63.5 Å². The number of nitrogens with one attached hydrogen (secondary N) is 1. The highest BCUT2D eigenvalue weighted by Crippen LogP contribution is 2.35. The second-order valence-electron chi connectivity index (χ2n) is 7.79. The number of aromatic nitrogens is 5. The molecule has 1 aliphatic heterocycles. The van der Waals surface area contributed by atoms with Gasteiger partial charge in [-0.2, -0.15) is 10.2 Å². The lowest BCUT2D eigenvalue weighted by Crippen LogP contribution is -2.33. The maximum absolute atomic E-state index is 6.11. The Morgan fingerprint density at radius 2 is 1.84 bits per heavy atom. The summed E-state index contributed by atoms with van der Waals surface area (Å²) in [5, 5.41) is 12.1. The van der Waals surface area contributed by atoms with Crippen LogP contribution in [0.15, 0.2) is 6.20 Å². The molecule has 25 heavy (non-hydrogen) atoms. The number of rotatable bonds is 3. The summed E-state index contributed by atoms with van der Waals surface area (Å²) in [5.41, 5.74) is 8.15. The van der Waals surface area contributed by atoms with E-state index in [1.54, 1.807) is 0 Å². The highest BCUT2D eigenvalue weighted by atomic mass is 15.4. The Labute approximate surface area is 149 Å². The first-order chi connectivity index (χ1) is 12.1. The minimum Gasteiger partial charge on any atom is -0.328 e. The molecule has 1 saturated heterocycles. The van der Waals surface area contributed by atoms with Crippen molar-refractivity contribution in [3.05, 3.63) is 17.7 Å². The van der Waals surface area contributed by atoms with E-state index in [0.29, 0.717) is 18.0 Å². The molecule has 0 bridgehead atoms. The first-order valence-corrected chi connectivity index (χ1v) is 9.52. The van der Waals surface area contributed by atoms with E-state index < -0.39 is 0 Å². The molecule has 0 aromatic carbocycles. The second-order valence-corrected chi connectivity index (χ2v) is 7.79. The molecule has 2 aliphatic rings. The predicted molar refractivity (Wildman–Crippen MR) is 97.3 cm³/mol. The number of aryl methyl sites for hydroxylation is 1. The molecule has 136 valence electrons. The third-order valence-electron chi connectivity index (χ3n) is 5.90. The first kappa shape index (κ1) is 16.7. The van der Waals surface area contributed by atoms with Crippen LogP contribution in [-0.4, -0.2) is 56.0 Å². The summed E-state index contributed by atoms with van der Waals surface area (Å²) in [6, 6.07) is 0.807. The van der Waals surface area contributed by atoms with E-state index in [-0.39, 0.29) is 0 Å². The molecular formula is C18H29N7. The van der Waals surface area contributed by atoms with Gasteiger partial charge in [0.25, 0.3) is 0 Å². The topological polar surface area (TPSA) is 88.7 Å². The summed E-state index contributed by atoms with van der Waals surface area (Å²) < 4.78 is 2.25. The number of likely N-dealkylation sites (tertiary alicyclic amines) is 1. The van der Waals surface area contributed by atoms with Gasteiger partial charge in [-0.15, -0.1) is 0 Å².